The maximum atomic E-state index is 13.3. The SMILES string of the molecule is CC[C@H](C)C(=O)N1CCC[C@@H](C(=O)N[C@H]2CCc3cc(F)ccc32)C1. The Kier molecular flexibility index (Phi) is 5.40. The molecule has 0 bridgehead atoms. The van der Waals surface area contributed by atoms with Crippen molar-refractivity contribution in [3.63, 3.8) is 0 Å². The fourth-order valence-electron chi connectivity index (χ4n) is 3.90. The fraction of sp³-hybridized carbons (Fsp3) is 0.600. The Bertz CT molecular complexity index is 661. The van der Waals surface area contributed by atoms with E-state index in [-0.39, 0.29) is 35.5 Å². The molecule has 0 spiro atoms. The molecule has 0 aromatic heterocycles. The molecule has 1 aliphatic heterocycles. The average Bonchev–Trinajstić information content (AvgIpc) is 3.02. The predicted molar refractivity (Wildman–Crippen MR) is 94.4 cm³/mol. The zero-order chi connectivity index (χ0) is 18.0. The van der Waals surface area contributed by atoms with Gasteiger partial charge in [-0.05, 0) is 55.4 Å². The first kappa shape index (κ1) is 17.9. The molecular weight excluding hydrogens is 319 g/mol. The summed E-state index contributed by atoms with van der Waals surface area (Å²) in [6, 6.07) is 4.76. The molecule has 0 saturated carbocycles. The third-order valence-corrected chi connectivity index (χ3v) is 5.64. The zero-order valence-electron chi connectivity index (χ0n) is 15.1. The second-order valence-electron chi connectivity index (χ2n) is 7.38. The van der Waals surface area contributed by atoms with E-state index in [2.05, 4.69) is 5.32 Å². The number of amides is 2. The van der Waals surface area contributed by atoms with Gasteiger partial charge in [0.15, 0.2) is 0 Å². The van der Waals surface area contributed by atoms with Crippen LogP contribution in [0.25, 0.3) is 0 Å². The van der Waals surface area contributed by atoms with Crippen molar-refractivity contribution in [2.45, 2.75) is 52.0 Å². The predicted octanol–water partition coefficient (Wildman–Crippen LogP) is 3.21. The summed E-state index contributed by atoms with van der Waals surface area (Å²) in [7, 11) is 0. The van der Waals surface area contributed by atoms with E-state index in [0.717, 1.165) is 49.8 Å². The van der Waals surface area contributed by atoms with Gasteiger partial charge < -0.3 is 10.2 Å². The summed E-state index contributed by atoms with van der Waals surface area (Å²) in [5.41, 5.74) is 2.01. The summed E-state index contributed by atoms with van der Waals surface area (Å²) < 4.78 is 13.3. The number of fused-ring (bicyclic) bond motifs is 1. The third kappa shape index (κ3) is 3.86. The van der Waals surface area contributed by atoms with E-state index < -0.39 is 0 Å². The monoisotopic (exact) mass is 346 g/mol. The van der Waals surface area contributed by atoms with Crippen LogP contribution in [0, 0.1) is 17.7 Å². The van der Waals surface area contributed by atoms with Crippen molar-refractivity contribution in [2.24, 2.45) is 11.8 Å². The number of hydrogen-bond donors (Lipinski definition) is 1. The Morgan fingerprint density at radius 1 is 1.36 bits per heavy atom. The highest BCUT2D eigenvalue weighted by Crippen LogP contribution is 2.32. The molecule has 2 amide bonds. The van der Waals surface area contributed by atoms with Crippen LogP contribution in [0.5, 0.6) is 0 Å². The first-order valence-electron chi connectivity index (χ1n) is 9.37. The first-order valence-corrected chi connectivity index (χ1v) is 9.37. The highest BCUT2D eigenvalue weighted by molar-refractivity contribution is 5.82. The fourth-order valence-corrected chi connectivity index (χ4v) is 3.90. The molecule has 4 nitrogen and oxygen atoms in total. The van der Waals surface area contributed by atoms with Crippen LogP contribution in [0.15, 0.2) is 18.2 Å². The molecule has 1 heterocycles. The van der Waals surface area contributed by atoms with Gasteiger partial charge in [-0.3, -0.25) is 9.59 Å². The van der Waals surface area contributed by atoms with Gasteiger partial charge >= 0.3 is 0 Å². The number of carbonyl (C=O) groups is 2. The Labute approximate surface area is 148 Å². The van der Waals surface area contributed by atoms with Crippen molar-refractivity contribution in [1.29, 1.82) is 0 Å². The van der Waals surface area contributed by atoms with Crippen molar-refractivity contribution in [3.8, 4) is 0 Å². The molecule has 136 valence electrons. The number of carbonyl (C=O) groups excluding carboxylic acids is 2. The highest BCUT2D eigenvalue weighted by Gasteiger charge is 2.32. The summed E-state index contributed by atoms with van der Waals surface area (Å²) >= 11 is 0. The Morgan fingerprint density at radius 2 is 2.16 bits per heavy atom. The maximum absolute atomic E-state index is 13.3. The van der Waals surface area contributed by atoms with Gasteiger partial charge in [0.05, 0.1) is 12.0 Å². The Hall–Kier alpha value is -1.91. The summed E-state index contributed by atoms with van der Waals surface area (Å²) in [5, 5.41) is 3.13. The zero-order valence-corrected chi connectivity index (χ0v) is 15.1. The van der Waals surface area contributed by atoms with Crippen LogP contribution in [-0.4, -0.2) is 29.8 Å². The van der Waals surface area contributed by atoms with Crippen molar-refractivity contribution >= 4 is 11.8 Å². The molecule has 1 aromatic carbocycles. The lowest BCUT2D eigenvalue weighted by atomic mass is 9.95. The Balaban J connectivity index is 1.61. The summed E-state index contributed by atoms with van der Waals surface area (Å²) in [6.45, 7) is 5.22. The molecule has 25 heavy (non-hydrogen) atoms. The number of nitrogens with zero attached hydrogens (tertiary/aromatic N) is 1. The topological polar surface area (TPSA) is 49.4 Å². The lowest BCUT2D eigenvalue weighted by Gasteiger charge is -2.34. The molecular formula is C20H27FN2O2. The van der Waals surface area contributed by atoms with E-state index in [9.17, 15) is 14.0 Å². The van der Waals surface area contributed by atoms with Crippen molar-refractivity contribution in [3.05, 3.63) is 35.1 Å². The minimum Gasteiger partial charge on any atom is -0.349 e. The molecule has 1 saturated heterocycles. The summed E-state index contributed by atoms with van der Waals surface area (Å²) in [6.07, 6.45) is 4.11. The molecule has 0 radical (unpaired) electrons. The van der Waals surface area contributed by atoms with Gasteiger partial charge in [-0.2, -0.15) is 0 Å². The second-order valence-corrected chi connectivity index (χ2v) is 7.38. The van der Waals surface area contributed by atoms with E-state index in [0.29, 0.717) is 6.54 Å². The highest BCUT2D eigenvalue weighted by atomic mass is 19.1. The van der Waals surface area contributed by atoms with Crippen LogP contribution in [-0.2, 0) is 16.0 Å². The molecule has 1 aliphatic carbocycles. The largest absolute Gasteiger partial charge is 0.349 e. The smallest absolute Gasteiger partial charge is 0.225 e. The van der Waals surface area contributed by atoms with Crippen molar-refractivity contribution in [1.82, 2.24) is 10.2 Å². The van der Waals surface area contributed by atoms with E-state index >= 15 is 0 Å². The quantitative estimate of drug-likeness (QED) is 0.910. The number of hydrogen-bond acceptors (Lipinski definition) is 2. The normalized spacial score (nSPS) is 23.9. The van der Waals surface area contributed by atoms with Gasteiger partial charge in [0, 0.05) is 19.0 Å². The first-order chi connectivity index (χ1) is 12.0. The number of piperidine rings is 1. The molecule has 3 atom stereocenters. The average molecular weight is 346 g/mol. The minimum atomic E-state index is -0.225. The Morgan fingerprint density at radius 3 is 2.92 bits per heavy atom. The van der Waals surface area contributed by atoms with E-state index in [1.54, 1.807) is 12.1 Å². The van der Waals surface area contributed by atoms with Crippen molar-refractivity contribution in [2.75, 3.05) is 13.1 Å². The number of nitrogens with one attached hydrogen (secondary N) is 1. The van der Waals surface area contributed by atoms with Crippen molar-refractivity contribution < 1.29 is 14.0 Å². The molecule has 2 aliphatic rings. The van der Waals surface area contributed by atoms with Gasteiger partial charge in [0.1, 0.15) is 5.82 Å². The van der Waals surface area contributed by atoms with E-state index in [1.807, 2.05) is 18.7 Å². The van der Waals surface area contributed by atoms with Crippen LogP contribution in [0.2, 0.25) is 0 Å². The van der Waals surface area contributed by atoms with Crippen LogP contribution in [0.4, 0.5) is 4.39 Å². The lowest BCUT2D eigenvalue weighted by molar-refractivity contribution is -0.139. The molecule has 1 fully saturated rings. The number of rotatable bonds is 4. The second kappa shape index (κ2) is 7.54. The van der Waals surface area contributed by atoms with Gasteiger partial charge in [-0.1, -0.05) is 19.9 Å². The molecule has 0 unspecified atom stereocenters. The van der Waals surface area contributed by atoms with Gasteiger partial charge in [0.25, 0.3) is 0 Å². The van der Waals surface area contributed by atoms with Crippen LogP contribution in [0.1, 0.15) is 56.7 Å². The van der Waals surface area contributed by atoms with Gasteiger partial charge in [-0.15, -0.1) is 0 Å². The molecule has 1 aromatic rings. The van der Waals surface area contributed by atoms with E-state index in [4.69, 9.17) is 0 Å². The number of benzene rings is 1. The minimum absolute atomic E-state index is 0.0124. The molecule has 5 heteroatoms. The number of halogens is 1. The standard InChI is InChI=1S/C20H27FN2O2/c1-3-13(2)20(25)23-10-4-5-15(12-23)19(24)22-18-9-6-14-11-16(21)7-8-17(14)18/h7-8,11,13,15,18H,3-6,9-10,12H2,1-2H3,(H,22,24)/t13-,15+,18-/m0/s1. The molecule has 3 rings (SSSR count). The van der Waals surface area contributed by atoms with Crippen LogP contribution >= 0.6 is 0 Å². The van der Waals surface area contributed by atoms with Gasteiger partial charge in [-0.25, -0.2) is 4.39 Å². The molecule has 1 N–H and O–H groups in total. The maximum Gasteiger partial charge on any atom is 0.225 e. The van der Waals surface area contributed by atoms with E-state index in [1.165, 1.54) is 6.07 Å². The van der Waals surface area contributed by atoms with Crippen LogP contribution in [0.3, 0.4) is 0 Å². The number of aryl methyl sites for hydroxylation is 1. The third-order valence-electron chi connectivity index (χ3n) is 5.64. The lowest BCUT2D eigenvalue weighted by Crippen LogP contribution is -2.47. The van der Waals surface area contributed by atoms with Gasteiger partial charge in [0.2, 0.25) is 11.8 Å². The summed E-state index contributed by atoms with van der Waals surface area (Å²) in [5.74, 6) is -0.188. The summed E-state index contributed by atoms with van der Waals surface area (Å²) in [4.78, 5) is 27.0. The van der Waals surface area contributed by atoms with Crippen LogP contribution < -0.4 is 5.32 Å². The number of likely N-dealkylation sites (tertiary alicyclic amines) is 1.